The Morgan fingerprint density at radius 2 is 1.88 bits per heavy atom. The summed E-state index contributed by atoms with van der Waals surface area (Å²) < 4.78 is 12.6. The maximum absolute atomic E-state index is 13.6. The number of aliphatic carboxylic acids is 1. The smallest absolute Gasteiger partial charge is 0.326 e. The summed E-state index contributed by atoms with van der Waals surface area (Å²) in [6.45, 7) is 1.63. The van der Waals surface area contributed by atoms with Gasteiger partial charge in [0.05, 0.1) is 24.0 Å². The van der Waals surface area contributed by atoms with Gasteiger partial charge in [-0.1, -0.05) is 35.3 Å². The number of carbonyl (C=O) groups is 3. The first-order valence-corrected chi connectivity index (χ1v) is 16.7. The molecule has 2 aliphatic carbocycles. The number of carbonyl (C=O) groups excluding carboxylic acids is 2. The Morgan fingerprint density at radius 3 is 2.58 bits per heavy atom. The Kier molecular flexibility index (Phi) is 7.32. The average Bonchev–Trinajstić information content (AvgIpc) is 3.71. The molecule has 13 heteroatoms. The molecule has 2 amide bonds. The molecule has 8 unspecified atom stereocenters. The molecule has 1 aromatic heterocycles. The number of thiazole rings is 1. The van der Waals surface area contributed by atoms with E-state index in [9.17, 15) is 19.5 Å². The number of H-pyrrole nitrogens is 1. The number of likely N-dealkylation sites (tertiary alicyclic amines) is 1. The lowest BCUT2D eigenvalue weighted by Crippen LogP contribution is -2.44. The Bertz CT molecular complexity index is 1740. The molecule has 0 spiro atoms. The molecule has 1 saturated heterocycles. The normalized spacial score (nSPS) is 29.3. The molecule has 43 heavy (non-hydrogen) atoms. The highest BCUT2D eigenvalue weighted by Crippen LogP contribution is 2.69. The van der Waals surface area contributed by atoms with Crippen LogP contribution in [0, 0.1) is 33.5 Å². The zero-order valence-corrected chi connectivity index (χ0v) is 26.9. The summed E-state index contributed by atoms with van der Waals surface area (Å²) in [5.74, 6) is -1.86. The van der Waals surface area contributed by atoms with Crippen LogP contribution in [0.2, 0.25) is 10.0 Å². The molecule has 2 bridgehead atoms. The number of halogens is 2. The van der Waals surface area contributed by atoms with Gasteiger partial charge in [-0.2, -0.15) is 0 Å². The van der Waals surface area contributed by atoms with Gasteiger partial charge in [-0.15, -0.1) is 23.1 Å². The number of nitrogens with zero attached hydrogens (tertiary/aromatic N) is 1. The monoisotopic (exact) mass is 676 g/mol. The standard InChI is InChI=1S/C30H26Cl2N2O6S3/c1-11(29(37)38)34-27(35)22-15-9-16(23(22)28(34)36)24-21(15)20(25-26(42-24)33-30(41)43-25)12-4-6-18(19(7-12)39-2)40-10-13-3-5-14(31)8-17(13)32/h3-8,11,15-16,20-24H,9-10H2,1-2H3,(H,33,41)(H,37,38). The quantitative estimate of drug-likeness (QED) is 0.212. The van der Waals surface area contributed by atoms with E-state index in [1.54, 1.807) is 31.0 Å². The van der Waals surface area contributed by atoms with Crippen molar-refractivity contribution >= 4 is 76.3 Å². The number of aromatic nitrogens is 1. The van der Waals surface area contributed by atoms with Crippen LogP contribution in [-0.4, -0.2) is 51.2 Å². The van der Waals surface area contributed by atoms with E-state index in [1.165, 1.54) is 18.3 Å². The van der Waals surface area contributed by atoms with Crippen molar-refractivity contribution in [1.82, 2.24) is 9.88 Å². The third-order valence-electron chi connectivity index (χ3n) is 9.45. The fraction of sp³-hybridized carbons (Fsp3) is 0.400. The van der Waals surface area contributed by atoms with E-state index in [1.807, 2.05) is 24.3 Å². The molecule has 0 radical (unpaired) electrons. The first-order chi connectivity index (χ1) is 20.6. The van der Waals surface area contributed by atoms with Gasteiger partial charge in [0, 0.05) is 31.7 Å². The number of benzene rings is 2. The number of hydrogen-bond donors (Lipinski definition) is 2. The van der Waals surface area contributed by atoms with E-state index >= 15 is 0 Å². The molecular formula is C30H26Cl2N2O6S3. The number of imide groups is 1. The highest BCUT2D eigenvalue weighted by Gasteiger charge is 2.70. The van der Waals surface area contributed by atoms with E-state index in [2.05, 4.69) is 4.98 Å². The Hall–Kier alpha value is -2.57. The molecule has 8 atom stereocenters. The minimum Gasteiger partial charge on any atom is -0.493 e. The van der Waals surface area contributed by atoms with Gasteiger partial charge in [0.2, 0.25) is 11.8 Å². The van der Waals surface area contributed by atoms with E-state index in [-0.39, 0.29) is 47.3 Å². The van der Waals surface area contributed by atoms with E-state index < -0.39 is 23.8 Å². The molecule has 2 saturated carbocycles. The molecule has 3 heterocycles. The first kappa shape index (κ1) is 29.2. The zero-order chi connectivity index (χ0) is 30.3. The molecule has 7 rings (SSSR count). The number of hydrogen-bond acceptors (Lipinski definition) is 8. The fourth-order valence-corrected chi connectivity index (χ4v) is 11.5. The highest BCUT2D eigenvalue weighted by molar-refractivity contribution is 8.00. The zero-order valence-electron chi connectivity index (χ0n) is 22.9. The summed E-state index contributed by atoms with van der Waals surface area (Å²) in [6, 6.07) is 9.96. The number of thioether (sulfide) groups is 1. The number of methoxy groups -OCH3 is 1. The molecule has 2 N–H and O–H groups in total. The predicted molar refractivity (Wildman–Crippen MR) is 166 cm³/mol. The lowest BCUT2D eigenvalue weighted by Gasteiger charge is -2.43. The summed E-state index contributed by atoms with van der Waals surface area (Å²) in [5.41, 5.74) is 1.80. The highest BCUT2D eigenvalue weighted by atomic mass is 35.5. The molecule has 2 aliphatic heterocycles. The van der Waals surface area contributed by atoms with Crippen LogP contribution in [0.4, 0.5) is 0 Å². The number of carboxylic acid groups (broad SMARTS) is 1. The van der Waals surface area contributed by atoms with E-state index in [0.717, 1.165) is 32.4 Å². The number of aromatic amines is 1. The molecule has 4 aliphatic rings. The maximum atomic E-state index is 13.6. The average molecular weight is 678 g/mol. The second kappa shape index (κ2) is 10.8. The van der Waals surface area contributed by atoms with Gasteiger partial charge in [0.15, 0.2) is 15.5 Å². The number of nitrogens with one attached hydrogen (secondary N) is 1. The molecule has 224 valence electrons. The largest absolute Gasteiger partial charge is 0.493 e. The van der Waals surface area contributed by atoms with Gasteiger partial charge in [-0.05, 0) is 73.1 Å². The molecule has 8 nitrogen and oxygen atoms in total. The van der Waals surface area contributed by atoms with Crippen LogP contribution in [-0.2, 0) is 21.0 Å². The Labute approximate surface area is 270 Å². The van der Waals surface area contributed by atoms with Crippen molar-refractivity contribution in [3.8, 4) is 11.5 Å². The van der Waals surface area contributed by atoms with Gasteiger partial charge in [-0.3, -0.25) is 14.5 Å². The molecular weight excluding hydrogens is 651 g/mol. The fourth-order valence-electron chi connectivity index (χ4n) is 7.70. The van der Waals surface area contributed by atoms with Crippen LogP contribution < -0.4 is 9.47 Å². The van der Waals surface area contributed by atoms with Crippen molar-refractivity contribution in [3.05, 3.63) is 66.4 Å². The Balaban J connectivity index is 1.24. The summed E-state index contributed by atoms with van der Waals surface area (Å²) in [4.78, 5) is 44.4. The number of rotatable bonds is 7. The Morgan fingerprint density at radius 1 is 1.14 bits per heavy atom. The summed E-state index contributed by atoms with van der Waals surface area (Å²) in [5, 5.41) is 11.7. The van der Waals surface area contributed by atoms with Crippen molar-refractivity contribution in [2.24, 2.45) is 29.6 Å². The molecule has 3 aromatic rings. The van der Waals surface area contributed by atoms with Crippen molar-refractivity contribution in [3.63, 3.8) is 0 Å². The van der Waals surface area contributed by atoms with Crippen LogP contribution in [0.1, 0.15) is 35.3 Å². The van der Waals surface area contributed by atoms with Crippen molar-refractivity contribution in [2.75, 3.05) is 7.11 Å². The lowest BCUT2D eigenvalue weighted by molar-refractivity contribution is -0.154. The summed E-state index contributed by atoms with van der Waals surface area (Å²) >= 11 is 21.2. The van der Waals surface area contributed by atoms with Crippen LogP contribution in [0.15, 0.2) is 41.4 Å². The van der Waals surface area contributed by atoms with Crippen molar-refractivity contribution < 1.29 is 29.0 Å². The third kappa shape index (κ3) is 4.53. The van der Waals surface area contributed by atoms with Gasteiger partial charge in [-0.25, -0.2) is 4.79 Å². The third-order valence-corrected chi connectivity index (χ3v) is 13.0. The minimum absolute atomic E-state index is 0.0291. The second-order valence-corrected chi connectivity index (χ2v) is 15.2. The summed E-state index contributed by atoms with van der Waals surface area (Å²) in [7, 11) is 1.59. The van der Waals surface area contributed by atoms with E-state index in [4.69, 9.17) is 44.9 Å². The molecule has 2 aromatic carbocycles. The van der Waals surface area contributed by atoms with Crippen LogP contribution in [0.5, 0.6) is 11.5 Å². The van der Waals surface area contributed by atoms with Crippen LogP contribution in [0.25, 0.3) is 0 Å². The topological polar surface area (TPSA) is 109 Å². The van der Waals surface area contributed by atoms with Gasteiger partial charge in [0.1, 0.15) is 12.6 Å². The maximum Gasteiger partial charge on any atom is 0.326 e. The van der Waals surface area contributed by atoms with Crippen LogP contribution in [0.3, 0.4) is 0 Å². The van der Waals surface area contributed by atoms with Crippen molar-refractivity contribution in [1.29, 1.82) is 0 Å². The summed E-state index contributed by atoms with van der Waals surface area (Å²) in [6.07, 6.45) is 0.761. The number of fused-ring (bicyclic) bond motifs is 9. The molecule has 3 fully saturated rings. The number of ether oxygens (including phenoxy) is 2. The van der Waals surface area contributed by atoms with Crippen molar-refractivity contribution in [2.45, 2.75) is 42.2 Å². The van der Waals surface area contributed by atoms with Gasteiger partial charge in [0.25, 0.3) is 0 Å². The first-order valence-electron chi connectivity index (χ1n) is 13.8. The van der Waals surface area contributed by atoms with Crippen LogP contribution >= 0.6 is 58.5 Å². The van der Waals surface area contributed by atoms with E-state index in [0.29, 0.717) is 25.5 Å². The van der Waals surface area contributed by atoms with Gasteiger partial charge < -0.3 is 19.6 Å². The number of amides is 2. The lowest BCUT2D eigenvalue weighted by atomic mass is 9.68. The SMILES string of the molecule is COc1cc(C2c3sc(=S)[nH]c3SC3C4CC(C5C(=O)N(C(C)C(=O)O)C(=O)C45)C23)ccc1OCc1ccc(Cl)cc1Cl. The minimum atomic E-state index is -1.19. The number of carboxylic acids is 1. The predicted octanol–water partition coefficient (Wildman–Crippen LogP) is 6.65. The second-order valence-electron chi connectivity index (χ2n) is 11.5. The van der Waals surface area contributed by atoms with Gasteiger partial charge >= 0.3 is 5.97 Å².